The zero-order chi connectivity index (χ0) is 15.2. The molecule has 0 saturated carbocycles. The molecular weight excluding hydrogens is 333 g/mol. The highest BCUT2D eigenvalue weighted by Gasteiger charge is 2.18. The third-order valence-corrected chi connectivity index (χ3v) is 3.89. The van der Waals surface area contributed by atoms with E-state index in [1.807, 2.05) is 30.3 Å². The van der Waals surface area contributed by atoms with E-state index in [1.165, 1.54) is 6.07 Å². The zero-order valence-corrected chi connectivity index (χ0v) is 13.4. The molecule has 0 aromatic heterocycles. The van der Waals surface area contributed by atoms with Gasteiger partial charge in [0, 0.05) is 0 Å². The number of halogens is 2. The normalized spacial score (nSPS) is 12.0. The van der Waals surface area contributed by atoms with Gasteiger partial charge in [0.25, 0.3) is 5.91 Å². The summed E-state index contributed by atoms with van der Waals surface area (Å²) in [6, 6.07) is 14.4. The summed E-state index contributed by atoms with van der Waals surface area (Å²) in [5.41, 5.74) is 1.09. The van der Waals surface area contributed by atoms with Crippen LogP contribution in [0.3, 0.4) is 0 Å². The first-order chi connectivity index (χ1) is 10.1. The Kier molecular flexibility index (Phi) is 5.51. The van der Waals surface area contributed by atoms with Crippen LogP contribution in [0.2, 0.25) is 0 Å². The summed E-state index contributed by atoms with van der Waals surface area (Å²) in [5, 5.41) is 2.92. The monoisotopic (exact) mass is 349 g/mol. The van der Waals surface area contributed by atoms with Crippen LogP contribution in [-0.2, 0) is 0 Å². The van der Waals surface area contributed by atoms with Crippen LogP contribution in [0.1, 0.15) is 41.7 Å². The van der Waals surface area contributed by atoms with E-state index in [1.54, 1.807) is 12.1 Å². The molecule has 0 heterocycles. The van der Waals surface area contributed by atoms with Crippen LogP contribution in [-0.4, -0.2) is 5.91 Å². The van der Waals surface area contributed by atoms with Crippen LogP contribution < -0.4 is 5.32 Å². The van der Waals surface area contributed by atoms with Gasteiger partial charge in [-0.2, -0.15) is 0 Å². The second kappa shape index (κ2) is 7.36. The van der Waals surface area contributed by atoms with Crippen molar-refractivity contribution in [2.45, 2.75) is 25.8 Å². The quantitative estimate of drug-likeness (QED) is 0.820. The lowest BCUT2D eigenvalue weighted by atomic mass is 10.0. The minimum absolute atomic E-state index is 0.0569. The molecule has 0 aliphatic rings. The molecule has 4 heteroatoms. The van der Waals surface area contributed by atoms with E-state index in [2.05, 4.69) is 28.2 Å². The minimum atomic E-state index is -0.529. The Hall–Kier alpha value is -1.68. The van der Waals surface area contributed by atoms with Gasteiger partial charge in [-0.05, 0) is 40.0 Å². The summed E-state index contributed by atoms with van der Waals surface area (Å²) in [4.78, 5) is 12.3. The average molecular weight is 350 g/mol. The summed E-state index contributed by atoms with van der Waals surface area (Å²) in [6.07, 6.45) is 1.74. The SMILES string of the molecule is CCCC(NC(=O)c1cccc(Br)c1F)c1ccccc1. The van der Waals surface area contributed by atoms with Gasteiger partial charge in [0.15, 0.2) is 0 Å². The van der Waals surface area contributed by atoms with Crippen LogP contribution in [0.25, 0.3) is 0 Å². The molecule has 1 unspecified atom stereocenters. The number of carbonyl (C=O) groups is 1. The first kappa shape index (κ1) is 15.7. The highest BCUT2D eigenvalue weighted by atomic mass is 79.9. The molecule has 0 radical (unpaired) electrons. The zero-order valence-electron chi connectivity index (χ0n) is 11.8. The molecule has 1 N–H and O–H groups in total. The highest BCUT2D eigenvalue weighted by molar-refractivity contribution is 9.10. The van der Waals surface area contributed by atoms with E-state index in [4.69, 9.17) is 0 Å². The maximum Gasteiger partial charge on any atom is 0.254 e. The lowest BCUT2D eigenvalue weighted by Gasteiger charge is -2.19. The van der Waals surface area contributed by atoms with Gasteiger partial charge < -0.3 is 5.32 Å². The number of amides is 1. The number of benzene rings is 2. The van der Waals surface area contributed by atoms with Gasteiger partial charge in [-0.25, -0.2) is 4.39 Å². The van der Waals surface area contributed by atoms with Crippen LogP contribution >= 0.6 is 15.9 Å². The Labute approximate surface area is 132 Å². The summed E-state index contributed by atoms with van der Waals surface area (Å²) >= 11 is 3.10. The van der Waals surface area contributed by atoms with Crippen molar-refractivity contribution in [3.63, 3.8) is 0 Å². The fourth-order valence-corrected chi connectivity index (χ4v) is 2.58. The van der Waals surface area contributed by atoms with Crippen LogP contribution in [0, 0.1) is 5.82 Å². The maximum atomic E-state index is 14.0. The van der Waals surface area contributed by atoms with E-state index in [9.17, 15) is 9.18 Å². The van der Waals surface area contributed by atoms with Crippen LogP contribution in [0.5, 0.6) is 0 Å². The second-order valence-corrected chi connectivity index (χ2v) is 5.68. The summed E-state index contributed by atoms with van der Waals surface area (Å²) < 4.78 is 14.3. The van der Waals surface area contributed by atoms with Crippen LogP contribution in [0.15, 0.2) is 53.0 Å². The Morgan fingerprint density at radius 2 is 1.90 bits per heavy atom. The van der Waals surface area contributed by atoms with Gasteiger partial charge >= 0.3 is 0 Å². The molecule has 0 spiro atoms. The molecular formula is C17H17BrFNO. The van der Waals surface area contributed by atoms with Crippen molar-refractivity contribution in [2.24, 2.45) is 0 Å². The van der Waals surface area contributed by atoms with Crippen molar-refractivity contribution in [1.82, 2.24) is 5.32 Å². The largest absolute Gasteiger partial charge is 0.345 e. The second-order valence-electron chi connectivity index (χ2n) is 4.83. The summed E-state index contributed by atoms with van der Waals surface area (Å²) in [5.74, 6) is -0.922. The lowest BCUT2D eigenvalue weighted by molar-refractivity contribution is 0.0930. The van der Waals surface area contributed by atoms with Gasteiger partial charge in [0.2, 0.25) is 0 Å². The number of hydrogen-bond acceptors (Lipinski definition) is 1. The third-order valence-electron chi connectivity index (χ3n) is 3.28. The number of hydrogen-bond donors (Lipinski definition) is 1. The van der Waals surface area contributed by atoms with Gasteiger partial charge in [-0.3, -0.25) is 4.79 Å². The molecule has 21 heavy (non-hydrogen) atoms. The minimum Gasteiger partial charge on any atom is -0.345 e. The molecule has 110 valence electrons. The number of carbonyl (C=O) groups excluding carboxylic acids is 1. The topological polar surface area (TPSA) is 29.1 Å². The van der Waals surface area contributed by atoms with Crippen molar-refractivity contribution in [2.75, 3.05) is 0 Å². The average Bonchev–Trinajstić information content (AvgIpc) is 2.50. The molecule has 1 amide bonds. The first-order valence-electron chi connectivity index (χ1n) is 6.93. The van der Waals surface area contributed by atoms with E-state index in [0.717, 1.165) is 18.4 Å². The van der Waals surface area contributed by atoms with Gasteiger partial charge in [0.05, 0.1) is 16.1 Å². The lowest BCUT2D eigenvalue weighted by Crippen LogP contribution is -2.29. The van der Waals surface area contributed by atoms with E-state index >= 15 is 0 Å². The highest BCUT2D eigenvalue weighted by Crippen LogP contribution is 2.22. The first-order valence-corrected chi connectivity index (χ1v) is 7.72. The standard InChI is InChI=1S/C17H17BrFNO/c1-2-7-15(12-8-4-3-5-9-12)20-17(21)13-10-6-11-14(18)16(13)19/h3-6,8-11,15H,2,7H2,1H3,(H,20,21). The fourth-order valence-electron chi connectivity index (χ4n) is 2.21. The molecule has 2 nitrogen and oxygen atoms in total. The van der Waals surface area contributed by atoms with Crippen molar-refractivity contribution in [3.05, 3.63) is 69.9 Å². The van der Waals surface area contributed by atoms with Crippen molar-refractivity contribution in [1.29, 1.82) is 0 Å². The fraction of sp³-hybridized carbons (Fsp3) is 0.235. The van der Waals surface area contributed by atoms with Gasteiger partial charge in [-0.15, -0.1) is 0 Å². The van der Waals surface area contributed by atoms with Crippen LogP contribution in [0.4, 0.5) is 4.39 Å². The third kappa shape index (κ3) is 3.91. The van der Waals surface area contributed by atoms with E-state index in [-0.39, 0.29) is 11.6 Å². The Morgan fingerprint density at radius 1 is 1.19 bits per heavy atom. The van der Waals surface area contributed by atoms with Gasteiger partial charge in [0.1, 0.15) is 5.82 Å². The maximum absolute atomic E-state index is 14.0. The van der Waals surface area contributed by atoms with Gasteiger partial charge in [-0.1, -0.05) is 49.7 Å². The molecule has 2 rings (SSSR count). The number of nitrogens with one attached hydrogen (secondary N) is 1. The molecule has 0 aliphatic carbocycles. The van der Waals surface area contributed by atoms with E-state index in [0.29, 0.717) is 4.47 Å². The van der Waals surface area contributed by atoms with Crippen molar-refractivity contribution in [3.8, 4) is 0 Å². The smallest absolute Gasteiger partial charge is 0.254 e. The predicted octanol–water partition coefficient (Wildman–Crippen LogP) is 4.86. The Bertz CT molecular complexity index is 615. The molecule has 0 bridgehead atoms. The Balaban J connectivity index is 2.21. The predicted molar refractivity (Wildman–Crippen MR) is 85.7 cm³/mol. The molecule has 0 fully saturated rings. The Morgan fingerprint density at radius 3 is 2.57 bits per heavy atom. The molecule has 1 atom stereocenters. The van der Waals surface area contributed by atoms with Crippen molar-refractivity contribution >= 4 is 21.8 Å². The summed E-state index contributed by atoms with van der Waals surface area (Å²) in [7, 11) is 0. The molecule has 2 aromatic rings. The van der Waals surface area contributed by atoms with Crippen molar-refractivity contribution < 1.29 is 9.18 Å². The molecule has 0 aliphatic heterocycles. The molecule has 0 saturated heterocycles. The molecule has 2 aromatic carbocycles. The van der Waals surface area contributed by atoms with E-state index < -0.39 is 11.7 Å². The number of rotatable bonds is 5. The summed E-state index contributed by atoms with van der Waals surface area (Å²) in [6.45, 7) is 2.06.